The third-order valence-electron chi connectivity index (χ3n) is 5.25. The lowest BCUT2D eigenvalue weighted by Crippen LogP contribution is -2.14. The molecular weight excluding hydrogens is 382 g/mol. The first kappa shape index (κ1) is 21.1. The number of benzene rings is 2. The Morgan fingerprint density at radius 3 is 2.34 bits per heavy atom. The summed E-state index contributed by atoms with van der Waals surface area (Å²) in [5.41, 5.74) is 5.52. The fourth-order valence-corrected chi connectivity index (χ4v) is 4.53. The second kappa shape index (κ2) is 8.82. The molecule has 29 heavy (non-hydrogen) atoms. The first-order valence-electron chi connectivity index (χ1n) is 10.0. The number of nitrogens with zero attached hydrogens (tertiary/aromatic N) is 2. The first-order chi connectivity index (χ1) is 13.8. The minimum Gasteiger partial charge on any atom is -0.276 e. The van der Waals surface area contributed by atoms with Crippen LogP contribution < -0.4 is 4.72 Å². The van der Waals surface area contributed by atoms with Crippen molar-refractivity contribution in [3.05, 3.63) is 76.6 Å². The highest BCUT2D eigenvalue weighted by Crippen LogP contribution is 2.25. The van der Waals surface area contributed by atoms with E-state index in [1.165, 1.54) is 5.56 Å². The van der Waals surface area contributed by atoms with Crippen molar-refractivity contribution in [3.8, 4) is 0 Å². The fourth-order valence-electron chi connectivity index (χ4n) is 3.36. The second-order valence-electron chi connectivity index (χ2n) is 7.48. The zero-order valence-electron chi connectivity index (χ0n) is 17.6. The lowest BCUT2D eigenvalue weighted by molar-refractivity contribution is 0.601. The maximum absolute atomic E-state index is 12.9. The van der Waals surface area contributed by atoms with E-state index in [-0.39, 0.29) is 4.90 Å². The van der Waals surface area contributed by atoms with Crippen molar-refractivity contribution in [2.75, 3.05) is 4.72 Å². The number of rotatable bonds is 8. The normalized spacial score (nSPS) is 11.6. The summed E-state index contributed by atoms with van der Waals surface area (Å²) in [4.78, 5) is 0.267. The highest BCUT2D eigenvalue weighted by atomic mass is 32.2. The number of sulfonamides is 1. The third kappa shape index (κ3) is 4.88. The molecule has 3 rings (SSSR count). The van der Waals surface area contributed by atoms with Gasteiger partial charge in [-0.25, -0.2) is 8.42 Å². The van der Waals surface area contributed by atoms with Crippen LogP contribution in [-0.4, -0.2) is 18.2 Å². The van der Waals surface area contributed by atoms with Crippen LogP contribution in [0.1, 0.15) is 47.8 Å². The van der Waals surface area contributed by atoms with Gasteiger partial charge in [0.2, 0.25) is 0 Å². The van der Waals surface area contributed by atoms with Crippen molar-refractivity contribution in [1.29, 1.82) is 0 Å². The Morgan fingerprint density at radius 1 is 1.00 bits per heavy atom. The van der Waals surface area contributed by atoms with Crippen LogP contribution in [0, 0.1) is 20.8 Å². The molecule has 2 aromatic carbocycles. The summed E-state index contributed by atoms with van der Waals surface area (Å²) in [5, 5.41) is 4.56. The van der Waals surface area contributed by atoms with Gasteiger partial charge in [-0.2, -0.15) is 5.10 Å². The van der Waals surface area contributed by atoms with Gasteiger partial charge in [0.1, 0.15) is 0 Å². The minimum absolute atomic E-state index is 0.267. The number of hydrogen-bond acceptors (Lipinski definition) is 3. The number of anilines is 1. The van der Waals surface area contributed by atoms with E-state index in [2.05, 4.69) is 35.8 Å². The number of aromatic nitrogens is 2. The average molecular weight is 412 g/mol. The van der Waals surface area contributed by atoms with E-state index in [0.29, 0.717) is 17.9 Å². The molecule has 0 saturated heterocycles. The quantitative estimate of drug-likeness (QED) is 0.567. The van der Waals surface area contributed by atoms with Crippen molar-refractivity contribution >= 4 is 15.7 Å². The van der Waals surface area contributed by atoms with Gasteiger partial charge in [-0.1, -0.05) is 49.7 Å². The molecule has 1 N–H and O–H groups in total. The van der Waals surface area contributed by atoms with E-state index in [1.54, 1.807) is 12.1 Å². The largest absolute Gasteiger partial charge is 0.276 e. The summed E-state index contributed by atoms with van der Waals surface area (Å²) >= 11 is 0. The van der Waals surface area contributed by atoms with Crippen LogP contribution in [0.2, 0.25) is 0 Å². The van der Waals surface area contributed by atoms with Gasteiger partial charge in [0, 0.05) is 0 Å². The van der Waals surface area contributed by atoms with Crippen molar-refractivity contribution in [2.24, 2.45) is 0 Å². The smallest absolute Gasteiger partial charge is 0.262 e. The van der Waals surface area contributed by atoms with E-state index in [0.717, 1.165) is 36.1 Å². The van der Waals surface area contributed by atoms with Crippen LogP contribution in [-0.2, 0) is 23.0 Å². The maximum atomic E-state index is 12.9. The SMILES string of the molecule is CCCCc1ccc(S(=O)(=O)Nc2c(C)nn(Cc3ccccc3C)c2C)cc1. The van der Waals surface area contributed by atoms with E-state index in [1.807, 2.05) is 42.8 Å². The van der Waals surface area contributed by atoms with Crippen LogP contribution in [0.5, 0.6) is 0 Å². The number of unbranched alkanes of at least 4 members (excludes halogenated alkanes) is 1. The Balaban J connectivity index is 1.82. The van der Waals surface area contributed by atoms with Crippen molar-refractivity contribution < 1.29 is 8.42 Å². The zero-order valence-corrected chi connectivity index (χ0v) is 18.4. The molecule has 0 saturated carbocycles. The maximum Gasteiger partial charge on any atom is 0.262 e. The third-order valence-corrected chi connectivity index (χ3v) is 6.62. The van der Waals surface area contributed by atoms with Crippen LogP contribution >= 0.6 is 0 Å². The Morgan fingerprint density at radius 2 is 1.69 bits per heavy atom. The zero-order chi connectivity index (χ0) is 21.0. The molecule has 6 heteroatoms. The number of nitrogens with one attached hydrogen (secondary N) is 1. The van der Waals surface area contributed by atoms with E-state index < -0.39 is 10.0 Å². The lowest BCUT2D eigenvalue weighted by Gasteiger charge is -2.11. The number of aryl methyl sites for hydroxylation is 3. The molecule has 0 aliphatic heterocycles. The van der Waals surface area contributed by atoms with Crippen LogP contribution in [0.15, 0.2) is 53.4 Å². The van der Waals surface area contributed by atoms with E-state index in [4.69, 9.17) is 0 Å². The molecule has 0 atom stereocenters. The molecule has 0 spiro atoms. The minimum atomic E-state index is -3.67. The molecule has 1 heterocycles. The topological polar surface area (TPSA) is 64.0 Å². The predicted molar refractivity (Wildman–Crippen MR) is 118 cm³/mol. The summed E-state index contributed by atoms with van der Waals surface area (Å²) < 4.78 is 30.4. The molecule has 3 aromatic rings. The van der Waals surface area contributed by atoms with Gasteiger partial charge in [0.25, 0.3) is 10.0 Å². The molecule has 0 radical (unpaired) electrons. The van der Waals surface area contributed by atoms with Crippen LogP contribution in [0.25, 0.3) is 0 Å². The van der Waals surface area contributed by atoms with Gasteiger partial charge in [-0.05, 0) is 62.4 Å². The van der Waals surface area contributed by atoms with E-state index >= 15 is 0 Å². The molecule has 0 bridgehead atoms. The van der Waals surface area contributed by atoms with Gasteiger partial charge in [-0.15, -0.1) is 0 Å². The van der Waals surface area contributed by atoms with E-state index in [9.17, 15) is 8.42 Å². The molecule has 154 valence electrons. The summed E-state index contributed by atoms with van der Waals surface area (Å²) in [6, 6.07) is 15.3. The van der Waals surface area contributed by atoms with Crippen molar-refractivity contribution in [2.45, 2.75) is 58.4 Å². The van der Waals surface area contributed by atoms with Gasteiger partial charge >= 0.3 is 0 Å². The number of hydrogen-bond donors (Lipinski definition) is 1. The molecule has 0 aliphatic carbocycles. The average Bonchev–Trinajstić information content (AvgIpc) is 2.95. The van der Waals surface area contributed by atoms with Gasteiger partial charge in [0.05, 0.1) is 28.5 Å². The van der Waals surface area contributed by atoms with Crippen molar-refractivity contribution in [3.63, 3.8) is 0 Å². The first-order valence-corrected chi connectivity index (χ1v) is 11.5. The van der Waals surface area contributed by atoms with Gasteiger partial charge < -0.3 is 0 Å². The van der Waals surface area contributed by atoms with Crippen LogP contribution in [0.4, 0.5) is 5.69 Å². The monoisotopic (exact) mass is 411 g/mol. The Bertz CT molecular complexity index is 1080. The van der Waals surface area contributed by atoms with Crippen LogP contribution in [0.3, 0.4) is 0 Å². The Labute approximate surface area is 173 Å². The summed E-state index contributed by atoms with van der Waals surface area (Å²) in [6.45, 7) is 8.53. The summed E-state index contributed by atoms with van der Waals surface area (Å²) in [6.07, 6.45) is 3.18. The Hall–Kier alpha value is -2.60. The molecule has 0 fully saturated rings. The molecule has 5 nitrogen and oxygen atoms in total. The molecular formula is C23H29N3O2S. The standard InChI is InChI=1S/C23H29N3O2S/c1-5-6-10-20-12-14-22(15-13-20)29(27,28)25-23-18(3)24-26(19(23)4)16-21-11-8-7-9-17(21)2/h7-9,11-15,25H,5-6,10,16H2,1-4H3. The second-order valence-corrected chi connectivity index (χ2v) is 9.17. The fraction of sp³-hybridized carbons (Fsp3) is 0.348. The molecule has 0 amide bonds. The van der Waals surface area contributed by atoms with Gasteiger partial charge in [0.15, 0.2) is 0 Å². The predicted octanol–water partition coefficient (Wildman–Crippen LogP) is 5.00. The summed E-state index contributed by atoms with van der Waals surface area (Å²) in [7, 11) is -3.67. The lowest BCUT2D eigenvalue weighted by atomic mass is 10.1. The Kier molecular flexibility index (Phi) is 6.42. The molecule has 0 unspecified atom stereocenters. The highest BCUT2D eigenvalue weighted by molar-refractivity contribution is 7.92. The van der Waals surface area contributed by atoms with Crippen molar-refractivity contribution in [1.82, 2.24) is 9.78 Å². The van der Waals surface area contributed by atoms with Gasteiger partial charge in [-0.3, -0.25) is 9.40 Å². The summed E-state index contributed by atoms with van der Waals surface area (Å²) in [5.74, 6) is 0. The highest BCUT2D eigenvalue weighted by Gasteiger charge is 2.20. The molecule has 0 aliphatic rings. The molecule has 1 aromatic heterocycles.